The molecule has 0 fully saturated rings. The standard InChI is InChI=1S/C19H22N2O4/c1-4-18(20-13(2)22)19(23)21-14-8-10-15(11-9-14)25-17-7-5-6-16(12-17)24-3/h5-12,18H,4H2,1-3H3,(H,20,22)(H,21,23). The van der Waals surface area contributed by atoms with E-state index in [0.29, 0.717) is 29.4 Å². The average Bonchev–Trinajstić information content (AvgIpc) is 2.61. The zero-order chi connectivity index (χ0) is 18.2. The van der Waals surface area contributed by atoms with Gasteiger partial charge in [-0.3, -0.25) is 9.59 Å². The Hall–Kier alpha value is -3.02. The summed E-state index contributed by atoms with van der Waals surface area (Å²) in [6.45, 7) is 3.23. The fourth-order valence-electron chi connectivity index (χ4n) is 2.23. The molecule has 2 aromatic carbocycles. The minimum atomic E-state index is -0.551. The summed E-state index contributed by atoms with van der Waals surface area (Å²) in [6.07, 6.45) is 0.516. The number of hydrogen-bond acceptors (Lipinski definition) is 4. The number of rotatable bonds is 7. The highest BCUT2D eigenvalue weighted by Crippen LogP contribution is 2.26. The summed E-state index contributed by atoms with van der Waals surface area (Å²) in [5.41, 5.74) is 0.631. The molecule has 0 bridgehead atoms. The molecule has 0 spiro atoms. The summed E-state index contributed by atoms with van der Waals surface area (Å²) >= 11 is 0. The third kappa shape index (κ3) is 5.53. The summed E-state index contributed by atoms with van der Waals surface area (Å²) in [6, 6.07) is 13.8. The van der Waals surface area contributed by atoms with Gasteiger partial charge in [-0.05, 0) is 42.8 Å². The molecule has 0 aliphatic carbocycles. The van der Waals surface area contributed by atoms with Crippen molar-refractivity contribution in [1.82, 2.24) is 5.32 Å². The van der Waals surface area contributed by atoms with Gasteiger partial charge >= 0.3 is 0 Å². The number of amides is 2. The van der Waals surface area contributed by atoms with Gasteiger partial charge in [-0.2, -0.15) is 0 Å². The second-order valence-corrected chi connectivity index (χ2v) is 5.46. The van der Waals surface area contributed by atoms with Gasteiger partial charge < -0.3 is 20.1 Å². The van der Waals surface area contributed by atoms with Crippen LogP contribution >= 0.6 is 0 Å². The van der Waals surface area contributed by atoms with Crippen LogP contribution in [0.3, 0.4) is 0 Å². The predicted octanol–water partition coefficient (Wildman–Crippen LogP) is 3.34. The number of nitrogens with one attached hydrogen (secondary N) is 2. The van der Waals surface area contributed by atoms with Gasteiger partial charge in [0.25, 0.3) is 0 Å². The van der Waals surface area contributed by atoms with Gasteiger partial charge in [0.1, 0.15) is 23.3 Å². The third-order valence-electron chi connectivity index (χ3n) is 3.50. The van der Waals surface area contributed by atoms with Gasteiger partial charge in [0.05, 0.1) is 7.11 Å². The van der Waals surface area contributed by atoms with E-state index in [0.717, 1.165) is 0 Å². The van der Waals surface area contributed by atoms with Crippen molar-refractivity contribution in [1.29, 1.82) is 0 Å². The van der Waals surface area contributed by atoms with Crippen LogP contribution in [0, 0.1) is 0 Å². The second-order valence-electron chi connectivity index (χ2n) is 5.46. The highest BCUT2D eigenvalue weighted by molar-refractivity contribution is 5.96. The summed E-state index contributed by atoms with van der Waals surface area (Å²) in [4.78, 5) is 23.3. The first-order chi connectivity index (χ1) is 12.0. The Labute approximate surface area is 147 Å². The van der Waals surface area contributed by atoms with Gasteiger partial charge in [0, 0.05) is 18.7 Å². The van der Waals surface area contributed by atoms with Crippen LogP contribution < -0.4 is 20.1 Å². The van der Waals surface area contributed by atoms with Crippen LogP contribution in [0.15, 0.2) is 48.5 Å². The Balaban J connectivity index is 1.99. The molecule has 25 heavy (non-hydrogen) atoms. The maximum Gasteiger partial charge on any atom is 0.246 e. The average molecular weight is 342 g/mol. The highest BCUT2D eigenvalue weighted by Gasteiger charge is 2.17. The monoisotopic (exact) mass is 342 g/mol. The highest BCUT2D eigenvalue weighted by atomic mass is 16.5. The van der Waals surface area contributed by atoms with Crippen LogP contribution in [0.4, 0.5) is 5.69 Å². The van der Waals surface area contributed by atoms with Gasteiger partial charge in [-0.25, -0.2) is 0 Å². The van der Waals surface area contributed by atoms with Gasteiger partial charge in [-0.15, -0.1) is 0 Å². The molecule has 0 aliphatic heterocycles. The third-order valence-corrected chi connectivity index (χ3v) is 3.50. The molecular weight excluding hydrogens is 320 g/mol. The lowest BCUT2D eigenvalue weighted by atomic mass is 10.2. The van der Waals surface area contributed by atoms with Crippen LogP contribution in [0.1, 0.15) is 20.3 Å². The molecule has 0 radical (unpaired) electrons. The van der Waals surface area contributed by atoms with Crippen LogP contribution in [0.2, 0.25) is 0 Å². The van der Waals surface area contributed by atoms with Crippen LogP contribution in [0.5, 0.6) is 17.2 Å². The predicted molar refractivity (Wildman–Crippen MR) is 96.0 cm³/mol. The Morgan fingerprint density at radius 2 is 1.72 bits per heavy atom. The maximum atomic E-state index is 12.2. The smallest absolute Gasteiger partial charge is 0.246 e. The SMILES string of the molecule is CCC(NC(C)=O)C(=O)Nc1ccc(Oc2cccc(OC)c2)cc1. The summed E-state index contributed by atoms with van der Waals surface area (Å²) < 4.78 is 10.9. The zero-order valence-electron chi connectivity index (χ0n) is 14.5. The molecule has 1 unspecified atom stereocenters. The van der Waals surface area contributed by atoms with Crippen molar-refractivity contribution in [3.63, 3.8) is 0 Å². The summed E-state index contributed by atoms with van der Waals surface area (Å²) in [5, 5.41) is 5.40. The minimum Gasteiger partial charge on any atom is -0.497 e. The molecule has 0 aliphatic rings. The van der Waals surface area contributed by atoms with Crippen molar-refractivity contribution >= 4 is 17.5 Å². The van der Waals surface area contributed by atoms with Crippen molar-refractivity contribution in [2.75, 3.05) is 12.4 Å². The van der Waals surface area contributed by atoms with Gasteiger partial charge in [-0.1, -0.05) is 13.0 Å². The van der Waals surface area contributed by atoms with Crippen LogP contribution in [0.25, 0.3) is 0 Å². The van der Waals surface area contributed by atoms with E-state index in [1.165, 1.54) is 6.92 Å². The molecule has 0 saturated carbocycles. The quantitative estimate of drug-likeness (QED) is 0.809. The largest absolute Gasteiger partial charge is 0.497 e. The Morgan fingerprint density at radius 1 is 1.04 bits per heavy atom. The first-order valence-electron chi connectivity index (χ1n) is 8.01. The van der Waals surface area contributed by atoms with Gasteiger partial charge in [0.2, 0.25) is 11.8 Å². The number of ether oxygens (including phenoxy) is 2. The first kappa shape index (κ1) is 18.3. The lowest BCUT2D eigenvalue weighted by Crippen LogP contribution is -2.42. The number of benzene rings is 2. The van der Waals surface area contributed by atoms with E-state index in [1.807, 2.05) is 25.1 Å². The molecule has 2 N–H and O–H groups in total. The first-order valence-corrected chi connectivity index (χ1v) is 8.01. The van der Waals surface area contributed by atoms with E-state index in [-0.39, 0.29) is 11.8 Å². The Kier molecular flexibility index (Phi) is 6.39. The molecule has 132 valence electrons. The van der Waals surface area contributed by atoms with Crippen molar-refractivity contribution in [3.8, 4) is 17.2 Å². The fraction of sp³-hybridized carbons (Fsp3) is 0.263. The number of carbonyl (C=O) groups is 2. The second kappa shape index (κ2) is 8.73. The zero-order valence-corrected chi connectivity index (χ0v) is 14.5. The minimum absolute atomic E-state index is 0.232. The summed E-state index contributed by atoms with van der Waals surface area (Å²) in [7, 11) is 1.60. The Bertz CT molecular complexity index is 728. The van der Waals surface area contributed by atoms with Crippen molar-refractivity contribution in [3.05, 3.63) is 48.5 Å². The molecule has 2 aromatic rings. The molecule has 0 saturated heterocycles. The molecule has 0 heterocycles. The number of carbonyl (C=O) groups excluding carboxylic acids is 2. The van der Waals surface area contributed by atoms with Crippen molar-refractivity contribution < 1.29 is 19.1 Å². The number of hydrogen-bond donors (Lipinski definition) is 2. The van der Waals surface area contributed by atoms with Gasteiger partial charge in [0.15, 0.2) is 0 Å². The maximum absolute atomic E-state index is 12.2. The molecule has 6 heteroatoms. The lowest BCUT2D eigenvalue weighted by Gasteiger charge is -2.16. The molecule has 6 nitrogen and oxygen atoms in total. The van der Waals surface area contributed by atoms with E-state index in [1.54, 1.807) is 37.4 Å². The Morgan fingerprint density at radius 3 is 2.32 bits per heavy atom. The van der Waals surface area contributed by atoms with E-state index in [4.69, 9.17) is 9.47 Å². The molecule has 2 amide bonds. The van der Waals surface area contributed by atoms with Crippen molar-refractivity contribution in [2.24, 2.45) is 0 Å². The topological polar surface area (TPSA) is 76.7 Å². The number of methoxy groups -OCH3 is 1. The van der Waals surface area contributed by atoms with Crippen LogP contribution in [-0.2, 0) is 9.59 Å². The molecule has 0 aromatic heterocycles. The van der Waals surface area contributed by atoms with Crippen LogP contribution in [-0.4, -0.2) is 25.0 Å². The fourth-order valence-corrected chi connectivity index (χ4v) is 2.23. The summed E-state index contributed by atoms with van der Waals surface area (Å²) in [5.74, 6) is 1.53. The van der Waals surface area contributed by atoms with Crippen molar-refractivity contribution in [2.45, 2.75) is 26.3 Å². The molecular formula is C19H22N2O4. The number of anilines is 1. The molecule has 2 rings (SSSR count). The van der Waals surface area contributed by atoms with E-state index in [9.17, 15) is 9.59 Å². The molecule has 1 atom stereocenters. The van der Waals surface area contributed by atoms with E-state index >= 15 is 0 Å². The van der Waals surface area contributed by atoms with E-state index in [2.05, 4.69) is 10.6 Å². The lowest BCUT2D eigenvalue weighted by molar-refractivity contribution is -0.125. The van der Waals surface area contributed by atoms with E-state index < -0.39 is 6.04 Å². The normalized spacial score (nSPS) is 11.3.